The van der Waals surface area contributed by atoms with Crippen LogP contribution in [0.5, 0.6) is 0 Å². The molecule has 2 aromatic carbocycles. The van der Waals surface area contributed by atoms with E-state index in [2.05, 4.69) is 30.8 Å². The number of cyclic esters (lactones) is 1. The third kappa shape index (κ3) is 11.5. The molecule has 3 N–H and O–H groups in total. The molecule has 4 aromatic rings. The monoisotopic (exact) mass is 1100 g/mol. The van der Waals surface area contributed by atoms with Gasteiger partial charge in [0.05, 0.1) is 48.1 Å². The minimum Gasteiger partial charge on any atom is -0.464 e. The number of fused-ring (bicyclic) bond motifs is 6. The number of nitrogens with zero attached hydrogens (tertiary/aromatic N) is 7. The Hall–Kier alpha value is -5.60. The summed E-state index contributed by atoms with van der Waals surface area (Å²) in [4.78, 5) is 71.8. The van der Waals surface area contributed by atoms with Gasteiger partial charge in [-0.25, -0.2) is 5.43 Å². The second kappa shape index (κ2) is 21.9. The van der Waals surface area contributed by atoms with Gasteiger partial charge in [0.2, 0.25) is 11.8 Å². The number of hydrogen-bond acceptors (Lipinski definition) is 12. The summed E-state index contributed by atoms with van der Waals surface area (Å²) in [5, 5.41) is 8.58. The van der Waals surface area contributed by atoms with Gasteiger partial charge in [-0.1, -0.05) is 57.0 Å². The van der Waals surface area contributed by atoms with Crippen LogP contribution in [0.3, 0.4) is 0 Å². The van der Waals surface area contributed by atoms with Gasteiger partial charge >= 0.3 is 12.1 Å². The second-order valence-corrected chi connectivity index (χ2v) is 25.4. The van der Waals surface area contributed by atoms with Crippen molar-refractivity contribution in [3.63, 3.8) is 0 Å². The number of hydrogen-bond donors (Lipinski definition) is 3. The number of piperazine rings is 1. The molecular formula is C61H79F3N10O6. The van der Waals surface area contributed by atoms with Crippen molar-refractivity contribution in [3.8, 4) is 22.4 Å². The van der Waals surface area contributed by atoms with Crippen LogP contribution >= 0.6 is 0 Å². The van der Waals surface area contributed by atoms with Crippen LogP contribution in [-0.2, 0) is 48.0 Å². The molecule has 0 radical (unpaired) electrons. The van der Waals surface area contributed by atoms with Crippen molar-refractivity contribution in [2.75, 3.05) is 84.1 Å². The number of amides is 3. The topological polar surface area (TPSA) is 167 Å². The number of aromatic nitrogens is 2. The molecule has 80 heavy (non-hydrogen) atoms. The summed E-state index contributed by atoms with van der Waals surface area (Å²) in [6.45, 7) is 11.7. The number of anilines is 1. The number of carbonyl (C=O) groups is 4. The van der Waals surface area contributed by atoms with Crippen LogP contribution < -0.4 is 21.0 Å². The van der Waals surface area contributed by atoms with Crippen molar-refractivity contribution in [2.24, 2.45) is 16.7 Å². The van der Waals surface area contributed by atoms with Gasteiger partial charge in [-0.05, 0) is 118 Å². The number of halogens is 3. The van der Waals surface area contributed by atoms with Crippen molar-refractivity contribution in [3.05, 3.63) is 71.5 Å². The Kier molecular flexibility index (Phi) is 15.1. The summed E-state index contributed by atoms with van der Waals surface area (Å²) in [7, 11) is 1.58. The first-order valence-corrected chi connectivity index (χ1v) is 29.6. The average Bonchev–Trinajstić information content (AvgIpc) is 4.34. The van der Waals surface area contributed by atoms with Gasteiger partial charge in [0.15, 0.2) is 0 Å². The van der Waals surface area contributed by atoms with Crippen LogP contribution in [-0.4, -0.2) is 169 Å². The van der Waals surface area contributed by atoms with Crippen molar-refractivity contribution in [1.82, 2.24) is 45.3 Å². The average molecular weight is 1110 g/mol. The highest BCUT2D eigenvalue weighted by atomic mass is 19.4. The molecule has 8 aliphatic rings. The second-order valence-electron chi connectivity index (χ2n) is 25.4. The quantitative estimate of drug-likeness (QED) is 0.104. The highest BCUT2D eigenvalue weighted by Gasteiger charge is 2.51. The molecule has 6 bridgehead atoms. The fourth-order valence-electron chi connectivity index (χ4n) is 14.3. The lowest BCUT2D eigenvalue weighted by Gasteiger charge is -2.37. The molecule has 5 saturated heterocycles. The van der Waals surface area contributed by atoms with E-state index in [1.807, 2.05) is 74.3 Å². The molecular weight excluding hydrogens is 1030 g/mol. The van der Waals surface area contributed by atoms with E-state index in [4.69, 9.17) is 14.5 Å². The van der Waals surface area contributed by atoms with E-state index in [0.29, 0.717) is 71.9 Å². The summed E-state index contributed by atoms with van der Waals surface area (Å²) in [5.41, 5.74) is 8.08. The van der Waals surface area contributed by atoms with Gasteiger partial charge in [-0.2, -0.15) is 13.2 Å². The van der Waals surface area contributed by atoms with E-state index in [0.717, 1.165) is 107 Å². The Morgan fingerprint density at radius 2 is 1.68 bits per heavy atom. The number of carbonyl (C=O) groups excluding carboxylic acids is 4. The molecule has 2 aliphatic carbocycles. The summed E-state index contributed by atoms with van der Waals surface area (Å²) < 4.78 is 59.2. The zero-order valence-electron chi connectivity index (χ0n) is 46.9. The molecule has 6 aliphatic heterocycles. The van der Waals surface area contributed by atoms with E-state index in [1.54, 1.807) is 13.2 Å². The van der Waals surface area contributed by atoms with Crippen molar-refractivity contribution < 1.29 is 41.8 Å². The van der Waals surface area contributed by atoms with Crippen molar-refractivity contribution >= 4 is 40.3 Å². The summed E-state index contributed by atoms with van der Waals surface area (Å²) in [5.74, 6) is -0.797. The maximum absolute atomic E-state index is 15.2. The smallest absolute Gasteiger partial charge is 0.406 e. The fraction of sp³-hybridized carbons (Fsp3) is 0.623. The van der Waals surface area contributed by atoms with Crippen LogP contribution in [0.4, 0.5) is 18.9 Å². The predicted octanol–water partition coefficient (Wildman–Crippen LogP) is 7.03. The first-order valence-electron chi connectivity index (χ1n) is 29.6. The third-order valence-electron chi connectivity index (χ3n) is 18.9. The van der Waals surface area contributed by atoms with Gasteiger partial charge < -0.3 is 34.5 Å². The number of benzene rings is 2. The molecule has 2 saturated carbocycles. The van der Waals surface area contributed by atoms with E-state index < -0.39 is 48.3 Å². The zero-order chi connectivity index (χ0) is 55.7. The minimum atomic E-state index is -4.59. The summed E-state index contributed by atoms with van der Waals surface area (Å²) in [6, 6.07) is 13.7. The van der Waals surface area contributed by atoms with E-state index >= 15 is 22.8 Å². The Bertz CT molecular complexity index is 3000. The third-order valence-corrected chi connectivity index (χ3v) is 18.9. The molecule has 19 heteroatoms. The molecule has 8 heterocycles. The lowest BCUT2D eigenvalue weighted by molar-refractivity contribution is -0.155. The number of methoxy groups -OCH3 is 1. The largest absolute Gasteiger partial charge is 0.464 e. The maximum Gasteiger partial charge on any atom is 0.406 e. The van der Waals surface area contributed by atoms with Crippen molar-refractivity contribution in [2.45, 2.75) is 147 Å². The van der Waals surface area contributed by atoms with Crippen molar-refractivity contribution in [1.29, 1.82) is 0 Å². The Labute approximate surface area is 467 Å². The lowest BCUT2D eigenvalue weighted by Crippen LogP contribution is -2.62. The number of ether oxygens (including phenoxy) is 2. The minimum absolute atomic E-state index is 0.0545. The standard InChI is InChI=1S/C61H79F3N10O6/c1-38(79-4)52-46(30-44(32-66-52)70-25-23-69(24-26-70)43-15-16-43)54-47-31-59(2,3)37-80-58(78)48-13-8-20-74(68-48)57(77)49(28-39-9-7-12-41(27-39)42-14-17-51(45(47)29-42)73(54)36-61(62,63)64)67-55(75)53(40-10-5-6-11-40)71-21-18-60(34-71)19-22-72(35-60)56(76)50-33-65-50/h7,9,12,14,17,27,29-30,32,38,40,43,48-50,53,65,68H,5-6,8,10-11,13,15-16,18-26,28,31,33-37H2,1-4H3,(H,67,75)/t38-,48-,49-,50+,53?,60-/m0/s1. The lowest BCUT2D eigenvalue weighted by atomic mass is 9.84. The molecule has 1 unspecified atom stereocenters. The Morgan fingerprint density at radius 1 is 0.912 bits per heavy atom. The van der Waals surface area contributed by atoms with Gasteiger partial charge in [0, 0.05) is 106 Å². The highest BCUT2D eigenvalue weighted by Crippen LogP contribution is 2.46. The first kappa shape index (κ1) is 55.0. The molecule has 1 spiro atoms. The molecule has 2 aromatic heterocycles. The van der Waals surface area contributed by atoms with E-state index in [1.165, 1.54) is 22.4 Å². The maximum atomic E-state index is 15.2. The molecule has 16 nitrogen and oxygen atoms in total. The summed E-state index contributed by atoms with van der Waals surface area (Å²) in [6.07, 6.45) is 6.10. The molecule has 430 valence electrons. The van der Waals surface area contributed by atoms with Gasteiger partial charge in [-0.15, -0.1) is 0 Å². The van der Waals surface area contributed by atoms with E-state index in [-0.39, 0.29) is 54.5 Å². The number of esters is 1. The van der Waals surface area contributed by atoms with Gasteiger partial charge in [-0.3, -0.25) is 39.0 Å². The van der Waals surface area contributed by atoms with Crippen LogP contribution in [0.15, 0.2) is 54.7 Å². The number of rotatable bonds is 11. The van der Waals surface area contributed by atoms with Crippen LogP contribution in [0.25, 0.3) is 33.3 Å². The summed E-state index contributed by atoms with van der Waals surface area (Å²) >= 11 is 0. The first-order chi connectivity index (χ1) is 38.4. The highest BCUT2D eigenvalue weighted by molar-refractivity contribution is 5.96. The van der Waals surface area contributed by atoms with Gasteiger partial charge in [0.1, 0.15) is 18.6 Å². The number of likely N-dealkylation sites (tertiary alicyclic amines) is 2. The van der Waals surface area contributed by atoms with Crippen LogP contribution in [0.1, 0.15) is 108 Å². The SMILES string of the molecule is CO[C@@H](C)c1ncc(N2CCN(C3CC3)CC2)cc1-c1c2c3cc(ccc3n1CC(F)(F)F)-c1cccc(c1)C[C@H](NC(=O)C(C1CCCC1)N1CC[C@]3(CCN(C(=O)[C@H]4CN4)C3)C1)C(=O)N1CCC[C@H](N1)C(=O)OCC(C)(C)C2. The Morgan fingerprint density at radius 3 is 2.41 bits per heavy atom. The van der Waals surface area contributed by atoms with E-state index in [9.17, 15) is 9.59 Å². The van der Waals surface area contributed by atoms with Crippen LogP contribution in [0, 0.1) is 16.7 Å². The molecule has 3 amide bonds. The van der Waals surface area contributed by atoms with Gasteiger partial charge in [0.25, 0.3) is 5.91 Å². The number of alkyl halides is 3. The molecule has 6 atom stereocenters. The number of hydrazine groups is 1. The molecule has 12 rings (SSSR count). The normalized spacial score (nSPS) is 26.9. The molecule has 7 fully saturated rings. The predicted molar refractivity (Wildman–Crippen MR) is 298 cm³/mol. The Balaban J connectivity index is 0.922. The fourth-order valence-corrected chi connectivity index (χ4v) is 14.3. The number of pyridine rings is 1. The van der Waals surface area contributed by atoms with Crippen LogP contribution in [0.2, 0.25) is 0 Å². The zero-order valence-corrected chi connectivity index (χ0v) is 46.9. The number of nitrogens with one attached hydrogen (secondary N) is 3.